The lowest BCUT2D eigenvalue weighted by molar-refractivity contribution is 0.482. The second-order valence-electron chi connectivity index (χ2n) is 12.8. The van der Waals surface area contributed by atoms with Gasteiger partial charge in [0.2, 0.25) is 5.95 Å². The van der Waals surface area contributed by atoms with Gasteiger partial charge in [-0.15, -0.1) is 0 Å². The molecule has 2 aliphatic rings. The Balaban J connectivity index is 1.36. The highest BCUT2D eigenvalue weighted by Gasteiger charge is 2.52. The number of aromatic nitrogens is 3. The van der Waals surface area contributed by atoms with Gasteiger partial charge in [0.05, 0.1) is 28.5 Å². The van der Waals surface area contributed by atoms with Crippen molar-refractivity contribution >= 4 is 50.0 Å². The number of para-hydroxylation sites is 3. The van der Waals surface area contributed by atoms with E-state index in [1.54, 1.807) is 0 Å². The summed E-state index contributed by atoms with van der Waals surface area (Å²) in [5.74, 6) is 0.686. The SMILES string of the molecule is CC12C=Cc3c(n(-c4nc(-c5ccccc5)c5ccccc5n4)c4ccc5ccccc5c34)C1N(c1ccccc1)c1ccccc12. The summed E-state index contributed by atoms with van der Waals surface area (Å²) in [6.45, 7) is 2.38. The minimum absolute atomic E-state index is 0.0382. The van der Waals surface area contributed by atoms with Crippen LogP contribution in [0.15, 0.2) is 152 Å². The number of fused-ring (bicyclic) bond motifs is 10. The molecule has 8 aromatic rings. The Kier molecular flexibility index (Phi) is 5.44. The number of hydrogen-bond acceptors (Lipinski definition) is 3. The molecule has 1 aliphatic heterocycles. The van der Waals surface area contributed by atoms with Crippen LogP contribution in [0.4, 0.5) is 11.4 Å². The van der Waals surface area contributed by atoms with Gasteiger partial charge in [-0.1, -0.05) is 127 Å². The summed E-state index contributed by atoms with van der Waals surface area (Å²) in [4.78, 5) is 13.3. The van der Waals surface area contributed by atoms with Gasteiger partial charge < -0.3 is 4.90 Å². The molecule has 6 aromatic carbocycles. The molecule has 10 rings (SSSR count). The third-order valence-electron chi connectivity index (χ3n) is 10.2. The Morgan fingerprint density at radius 1 is 0.638 bits per heavy atom. The van der Waals surface area contributed by atoms with Gasteiger partial charge in [0, 0.05) is 38.7 Å². The van der Waals surface area contributed by atoms with Gasteiger partial charge in [-0.05, 0) is 53.6 Å². The first-order valence-corrected chi connectivity index (χ1v) is 16.2. The maximum absolute atomic E-state index is 5.44. The standard InChI is InChI=1S/C43H30N4/c1-43-27-26-33-38-31-19-9-8-14-28(31)24-25-37(38)47(42-44-35-22-12-10-20-32(35)39(45-42)29-15-4-2-5-16-29)40(33)41(43)46(30-17-6-3-7-18-30)36-23-13-11-21-34(36)43/h2-27,41H,1H3. The minimum Gasteiger partial charge on any atom is -0.331 e. The Bertz CT molecular complexity index is 2550. The van der Waals surface area contributed by atoms with E-state index < -0.39 is 0 Å². The zero-order chi connectivity index (χ0) is 31.1. The number of rotatable bonds is 3. The molecular formula is C43H30N4. The van der Waals surface area contributed by atoms with E-state index in [4.69, 9.17) is 9.97 Å². The summed E-state index contributed by atoms with van der Waals surface area (Å²) in [5.41, 5.74) is 9.91. The van der Waals surface area contributed by atoms with Crippen LogP contribution in [0.3, 0.4) is 0 Å². The maximum atomic E-state index is 5.44. The Morgan fingerprint density at radius 2 is 1.34 bits per heavy atom. The molecule has 2 aromatic heterocycles. The highest BCUT2D eigenvalue weighted by Crippen LogP contribution is 2.60. The van der Waals surface area contributed by atoms with Crippen LogP contribution in [-0.4, -0.2) is 14.5 Å². The molecule has 1 aliphatic carbocycles. The van der Waals surface area contributed by atoms with Crippen molar-refractivity contribution in [3.05, 3.63) is 168 Å². The van der Waals surface area contributed by atoms with Crippen molar-refractivity contribution < 1.29 is 0 Å². The molecule has 2 unspecified atom stereocenters. The minimum atomic E-state index is -0.291. The monoisotopic (exact) mass is 602 g/mol. The summed E-state index contributed by atoms with van der Waals surface area (Å²) in [6, 6.07) is 51.7. The van der Waals surface area contributed by atoms with Crippen molar-refractivity contribution in [3.8, 4) is 17.2 Å². The maximum Gasteiger partial charge on any atom is 0.235 e. The average Bonchev–Trinajstić information content (AvgIpc) is 3.61. The number of nitrogens with zero attached hydrogens (tertiary/aromatic N) is 4. The van der Waals surface area contributed by atoms with Crippen LogP contribution in [0.2, 0.25) is 0 Å². The Hall–Kier alpha value is -6.00. The summed E-state index contributed by atoms with van der Waals surface area (Å²) in [5, 5.41) is 4.74. The number of benzene rings is 6. The molecule has 222 valence electrons. The predicted octanol–water partition coefficient (Wildman–Crippen LogP) is 10.6. The quantitative estimate of drug-likeness (QED) is 0.202. The molecule has 0 fully saturated rings. The fourth-order valence-electron chi connectivity index (χ4n) is 8.16. The number of anilines is 2. The number of hydrogen-bond donors (Lipinski definition) is 0. The molecule has 4 nitrogen and oxygen atoms in total. The van der Waals surface area contributed by atoms with E-state index in [0.29, 0.717) is 5.95 Å². The molecule has 0 bridgehead atoms. The zero-order valence-corrected chi connectivity index (χ0v) is 25.9. The van der Waals surface area contributed by atoms with Crippen LogP contribution in [0.5, 0.6) is 0 Å². The molecule has 0 radical (unpaired) electrons. The largest absolute Gasteiger partial charge is 0.331 e. The van der Waals surface area contributed by atoms with E-state index >= 15 is 0 Å². The lowest BCUT2D eigenvalue weighted by atomic mass is 9.73. The van der Waals surface area contributed by atoms with Crippen molar-refractivity contribution in [1.82, 2.24) is 14.5 Å². The normalized spacial score (nSPS) is 18.1. The van der Waals surface area contributed by atoms with Gasteiger partial charge in [-0.3, -0.25) is 4.57 Å². The third-order valence-corrected chi connectivity index (χ3v) is 10.2. The predicted molar refractivity (Wildman–Crippen MR) is 193 cm³/mol. The van der Waals surface area contributed by atoms with Crippen LogP contribution >= 0.6 is 0 Å². The van der Waals surface area contributed by atoms with Crippen LogP contribution in [-0.2, 0) is 5.41 Å². The summed E-state index contributed by atoms with van der Waals surface area (Å²) >= 11 is 0. The molecule has 0 spiro atoms. The van der Waals surface area contributed by atoms with Crippen LogP contribution in [0.25, 0.3) is 55.9 Å². The van der Waals surface area contributed by atoms with E-state index in [2.05, 4.69) is 174 Å². The first-order valence-electron chi connectivity index (χ1n) is 16.2. The van der Waals surface area contributed by atoms with Gasteiger partial charge in [0.25, 0.3) is 0 Å². The molecule has 0 saturated carbocycles. The van der Waals surface area contributed by atoms with Gasteiger partial charge in [0.1, 0.15) is 0 Å². The molecule has 0 amide bonds. The molecule has 0 saturated heterocycles. The van der Waals surface area contributed by atoms with Gasteiger partial charge >= 0.3 is 0 Å². The van der Waals surface area contributed by atoms with E-state index in [9.17, 15) is 0 Å². The van der Waals surface area contributed by atoms with Gasteiger partial charge in [-0.25, -0.2) is 9.97 Å². The van der Waals surface area contributed by atoms with Crippen LogP contribution < -0.4 is 4.90 Å². The molecule has 4 heteroatoms. The molecular weight excluding hydrogens is 573 g/mol. The van der Waals surface area contributed by atoms with Crippen molar-refractivity contribution in [1.29, 1.82) is 0 Å². The second kappa shape index (κ2) is 9.75. The van der Waals surface area contributed by atoms with Crippen molar-refractivity contribution in [3.63, 3.8) is 0 Å². The lowest BCUT2D eigenvalue weighted by Gasteiger charge is -2.38. The summed E-state index contributed by atoms with van der Waals surface area (Å²) < 4.78 is 2.37. The topological polar surface area (TPSA) is 34.0 Å². The zero-order valence-electron chi connectivity index (χ0n) is 25.9. The highest BCUT2D eigenvalue weighted by molar-refractivity contribution is 6.12. The second-order valence-corrected chi connectivity index (χ2v) is 12.8. The fourth-order valence-corrected chi connectivity index (χ4v) is 8.16. The van der Waals surface area contributed by atoms with E-state index in [-0.39, 0.29) is 11.5 Å². The van der Waals surface area contributed by atoms with Crippen molar-refractivity contribution in [2.75, 3.05) is 4.90 Å². The highest BCUT2D eigenvalue weighted by atomic mass is 15.3. The van der Waals surface area contributed by atoms with E-state index in [1.807, 2.05) is 0 Å². The Labute approximate surface area is 272 Å². The third kappa shape index (κ3) is 3.64. The molecule has 0 N–H and O–H groups in total. The van der Waals surface area contributed by atoms with E-state index in [0.717, 1.165) is 27.7 Å². The molecule has 3 heterocycles. The van der Waals surface area contributed by atoms with Crippen LogP contribution in [0.1, 0.15) is 29.8 Å². The first-order chi connectivity index (χ1) is 23.2. The van der Waals surface area contributed by atoms with Crippen LogP contribution in [0, 0.1) is 0 Å². The van der Waals surface area contributed by atoms with Crippen molar-refractivity contribution in [2.24, 2.45) is 0 Å². The summed E-state index contributed by atoms with van der Waals surface area (Å²) in [7, 11) is 0. The molecule has 47 heavy (non-hydrogen) atoms. The fraction of sp³-hybridized carbons (Fsp3) is 0.0698. The lowest BCUT2D eigenvalue weighted by Crippen LogP contribution is -2.35. The smallest absolute Gasteiger partial charge is 0.235 e. The van der Waals surface area contributed by atoms with E-state index in [1.165, 1.54) is 44.4 Å². The molecule has 2 atom stereocenters. The van der Waals surface area contributed by atoms with Gasteiger partial charge in [-0.2, -0.15) is 0 Å². The first kappa shape index (κ1) is 26.2. The van der Waals surface area contributed by atoms with Crippen molar-refractivity contribution in [2.45, 2.75) is 18.4 Å². The average molecular weight is 603 g/mol. The summed E-state index contributed by atoms with van der Waals surface area (Å²) in [6.07, 6.45) is 4.80. The Morgan fingerprint density at radius 3 is 2.19 bits per heavy atom. The van der Waals surface area contributed by atoms with Gasteiger partial charge in [0.15, 0.2) is 0 Å².